The molecule has 4 nitrogen and oxygen atoms in total. The van der Waals surface area contributed by atoms with E-state index in [1.165, 1.54) is 18.4 Å². The molecule has 0 spiro atoms. The van der Waals surface area contributed by atoms with E-state index in [1.54, 1.807) is 0 Å². The number of nitrogens with one attached hydrogen (secondary N) is 2. The van der Waals surface area contributed by atoms with Crippen LogP contribution in [0.1, 0.15) is 43.8 Å². The minimum atomic E-state index is 0.503. The highest BCUT2D eigenvalue weighted by atomic mass is 15.1. The topological polar surface area (TPSA) is 49.8 Å². The molecule has 0 radical (unpaired) electrons. The molecule has 1 aliphatic heterocycles. The molecule has 4 heteroatoms. The predicted molar refractivity (Wildman–Crippen MR) is 75.0 cm³/mol. The lowest BCUT2D eigenvalue weighted by molar-refractivity contribution is 0.478. The highest BCUT2D eigenvalue weighted by Gasteiger charge is 2.16. The summed E-state index contributed by atoms with van der Waals surface area (Å²) >= 11 is 0. The van der Waals surface area contributed by atoms with E-state index < -0.39 is 0 Å². The number of piperidine rings is 1. The zero-order valence-corrected chi connectivity index (χ0v) is 11.7. The van der Waals surface area contributed by atoms with E-state index >= 15 is 0 Å². The van der Waals surface area contributed by atoms with Crippen LogP contribution >= 0.6 is 0 Å². The summed E-state index contributed by atoms with van der Waals surface area (Å²) in [6.07, 6.45) is 4.34. The third-order valence-corrected chi connectivity index (χ3v) is 3.57. The zero-order valence-electron chi connectivity index (χ0n) is 11.7. The normalized spacial score (nSPS) is 19.8. The highest BCUT2D eigenvalue weighted by molar-refractivity contribution is 5.47. The maximum absolute atomic E-state index is 4.67. The smallest absolute Gasteiger partial charge is 0.133 e. The molecule has 18 heavy (non-hydrogen) atoms. The number of anilines is 1. The second kappa shape index (κ2) is 6.14. The fraction of sp³-hybridized carbons (Fsp3) is 0.714. The monoisotopic (exact) mass is 248 g/mol. The van der Waals surface area contributed by atoms with Crippen molar-refractivity contribution in [1.29, 1.82) is 0 Å². The van der Waals surface area contributed by atoms with Crippen molar-refractivity contribution in [3.63, 3.8) is 0 Å². The maximum Gasteiger partial charge on any atom is 0.133 e. The van der Waals surface area contributed by atoms with Crippen LogP contribution in [0, 0.1) is 6.92 Å². The lowest BCUT2D eigenvalue weighted by atomic mass is 10.1. The van der Waals surface area contributed by atoms with Gasteiger partial charge < -0.3 is 10.6 Å². The molecular formula is C14H24N4. The summed E-state index contributed by atoms with van der Waals surface area (Å²) in [7, 11) is 0. The van der Waals surface area contributed by atoms with Crippen molar-refractivity contribution >= 4 is 5.82 Å². The zero-order chi connectivity index (χ0) is 13.0. The summed E-state index contributed by atoms with van der Waals surface area (Å²) in [5.74, 6) is 1.99. The first kappa shape index (κ1) is 13.3. The third kappa shape index (κ3) is 2.99. The molecule has 100 valence electrons. The van der Waals surface area contributed by atoms with Crippen LogP contribution in [-0.4, -0.2) is 29.1 Å². The first-order chi connectivity index (χ1) is 8.74. The summed E-state index contributed by atoms with van der Waals surface area (Å²) in [6, 6.07) is 0.503. The van der Waals surface area contributed by atoms with E-state index in [0.717, 1.165) is 43.3 Å². The average molecular weight is 248 g/mol. The van der Waals surface area contributed by atoms with Gasteiger partial charge in [-0.1, -0.05) is 13.8 Å². The number of nitrogens with zero attached hydrogens (tertiary/aromatic N) is 2. The fourth-order valence-corrected chi connectivity index (χ4v) is 2.52. The standard InChI is InChI=1S/C14H24N4/c1-4-12-10(3)16-13(5-2)18-14(12)17-11-7-6-8-15-9-11/h11,15H,4-9H2,1-3H3,(H,16,17,18). The average Bonchev–Trinajstić information content (AvgIpc) is 2.39. The van der Waals surface area contributed by atoms with Crippen LogP contribution in [0.4, 0.5) is 5.82 Å². The molecule has 2 N–H and O–H groups in total. The summed E-state index contributed by atoms with van der Waals surface area (Å²) < 4.78 is 0. The van der Waals surface area contributed by atoms with E-state index in [2.05, 4.69) is 41.4 Å². The molecule has 1 atom stereocenters. The van der Waals surface area contributed by atoms with Gasteiger partial charge >= 0.3 is 0 Å². The van der Waals surface area contributed by atoms with Gasteiger partial charge in [0.1, 0.15) is 11.6 Å². The minimum Gasteiger partial charge on any atom is -0.366 e. The van der Waals surface area contributed by atoms with E-state index in [4.69, 9.17) is 0 Å². The molecule has 1 saturated heterocycles. The maximum atomic E-state index is 4.67. The van der Waals surface area contributed by atoms with Crippen LogP contribution in [0.2, 0.25) is 0 Å². The second-order valence-corrected chi connectivity index (χ2v) is 4.95. The molecule has 0 saturated carbocycles. The Morgan fingerprint density at radius 1 is 1.28 bits per heavy atom. The molecule has 1 fully saturated rings. The van der Waals surface area contributed by atoms with Gasteiger partial charge in [-0.15, -0.1) is 0 Å². The van der Waals surface area contributed by atoms with Gasteiger partial charge in [0.05, 0.1) is 0 Å². The molecule has 1 aromatic heterocycles. The fourth-order valence-electron chi connectivity index (χ4n) is 2.52. The predicted octanol–water partition coefficient (Wildman–Crippen LogP) is 2.07. The molecule has 1 aromatic rings. The lowest BCUT2D eigenvalue weighted by Gasteiger charge is -2.25. The Labute approximate surface area is 110 Å². The molecule has 0 aliphatic carbocycles. The van der Waals surface area contributed by atoms with Crippen LogP contribution in [0.3, 0.4) is 0 Å². The van der Waals surface area contributed by atoms with Crippen molar-refractivity contribution in [3.8, 4) is 0 Å². The Kier molecular flexibility index (Phi) is 4.53. The number of hydrogen-bond acceptors (Lipinski definition) is 4. The number of hydrogen-bond donors (Lipinski definition) is 2. The van der Waals surface area contributed by atoms with Gasteiger partial charge in [0.25, 0.3) is 0 Å². The molecule has 0 aromatic carbocycles. The van der Waals surface area contributed by atoms with Gasteiger partial charge in [-0.2, -0.15) is 0 Å². The Hall–Kier alpha value is -1.16. The van der Waals surface area contributed by atoms with E-state index in [-0.39, 0.29) is 0 Å². The van der Waals surface area contributed by atoms with E-state index in [0.29, 0.717) is 6.04 Å². The molecule has 1 aliphatic rings. The van der Waals surface area contributed by atoms with Gasteiger partial charge in [-0.25, -0.2) is 9.97 Å². The van der Waals surface area contributed by atoms with E-state index in [1.807, 2.05) is 0 Å². The van der Waals surface area contributed by atoms with Crippen LogP contribution in [0.15, 0.2) is 0 Å². The molecule has 2 heterocycles. The van der Waals surface area contributed by atoms with Crippen LogP contribution < -0.4 is 10.6 Å². The molecule has 0 amide bonds. The summed E-state index contributed by atoms with van der Waals surface area (Å²) in [6.45, 7) is 8.54. The first-order valence-electron chi connectivity index (χ1n) is 7.08. The second-order valence-electron chi connectivity index (χ2n) is 4.95. The van der Waals surface area contributed by atoms with Gasteiger partial charge in [0.2, 0.25) is 0 Å². The Balaban J connectivity index is 2.20. The Bertz CT molecular complexity index is 397. The summed E-state index contributed by atoms with van der Waals surface area (Å²) in [4.78, 5) is 9.22. The van der Waals surface area contributed by atoms with Crippen LogP contribution in [0.5, 0.6) is 0 Å². The van der Waals surface area contributed by atoms with Crippen LogP contribution in [0.25, 0.3) is 0 Å². The van der Waals surface area contributed by atoms with Crippen LogP contribution in [-0.2, 0) is 12.8 Å². The summed E-state index contributed by atoms with van der Waals surface area (Å²) in [5, 5.41) is 7.03. The third-order valence-electron chi connectivity index (χ3n) is 3.57. The number of aryl methyl sites for hydroxylation is 2. The van der Waals surface area contributed by atoms with Gasteiger partial charge in [-0.05, 0) is 32.7 Å². The van der Waals surface area contributed by atoms with Gasteiger partial charge in [0.15, 0.2) is 0 Å². The molecule has 2 rings (SSSR count). The van der Waals surface area contributed by atoms with Gasteiger partial charge in [0, 0.05) is 30.3 Å². The minimum absolute atomic E-state index is 0.503. The van der Waals surface area contributed by atoms with Crippen molar-refractivity contribution in [2.24, 2.45) is 0 Å². The van der Waals surface area contributed by atoms with Crippen molar-refractivity contribution in [3.05, 3.63) is 17.1 Å². The molecular weight excluding hydrogens is 224 g/mol. The molecule has 1 unspecified atom stereocenters. The highest BCUT2D eigenvalue weighted by Crippen LogP contribution is 2.19. The number of rotatable bonds is 4. The first-order valence-corrected chi connectivity index (χ1v) is 7.08. The quantitative estimate of drug-likeness (QED) is 0.856. The summed E-state index contributed by atoms with van der Waals surface area (Å²) in [5.41, 5.74) is 2.38. The van der Waals surface area contributed by atoms with Crippen molar-refractivity contribution in [2.45, 2.75) is 52.5 Å². The van der Waals surface area contributed by atoms with Crippen molar-refractivity contribution < 1.29 is 0 Å². The largest absolute Gasteiger partial charge is 0.366 e. The van der Waals surface area contributed by atoms with E-state index in [9.17, 15) is 0 Å². The molecule has 0 bridgehead atoms. The van der Waals surface area contributed by atoms with Crippen molar-refractivity contribution in [2.75, 3.05) is 18.4 Å². The Morgan fingerprint density at radius 3 is 2.72 bits per heavy atom. The SMILES string of the molecule is CCc1nc(C)c(CC)c(NC2CCCNC2)n1. The number of aromatic nitrogens is 2. The Morgan fingerprint density at radius 2 is 2.11 bits per heavy atom. The van der Waals surface area contributed by atoms with Crippen molar-refractivity contribution in [1.82, 2.24) is 15.3 Å². The lowest BCUT2D eigenvalue weighted by Crippen LogP contribution is -2.39. The van der Waals surface area contributed by atoms with Gasteiger partial charge in [-0.3, -0.25) is 0 Å².